The van der Waals surface area contributed by atoms with E-state index in [1.807, 2.05) is 0 Å². The summed E-state index contributed by atoms with van der Waals surface area (Å²) < 4.78 is 21.3. The lowest BCUT2D eigenvalue weighted by Gasteiger charge is -2.21. The standard InChI is InChI=1S/C10H21NO2S/c11-14(12,13)9-5-4-8-10-6-2-1-3-7-10/h10H,1-9H2,(H2,11,12,13). The first-order chi connectivity index (χ1) is 6.58. The van der Waals surface area contributed by atoms with Crippen LogP contribution in [0.25, 0.3) is 0 Å². The summed E-state index contributed by atoms with van der Waals surface area (Å²) in [6.45, 7) is 0. The van der Waals surface area contributed by atoms with Gasteiger partial charge in [0.05, 0.1) is 5.75 Å². The van der Waals surface area contributed by atoms with E-state index < -0.39 is 10.0 Å². The van der Waals surface area contributed by atoms with Gasteiger partial charge in [-0.1, -0.05) is 44.9 Å². The third-order valence-corrected chi connectivity index (χ3v) is 3.87. The molecule has 1 saturated carbocycles. The monoisotopic (exact) mass is 219 g/mol. The zero-order valence-corrected chi connectivity index (χ0v) is 9.56. The molecule has 0 unspecified atom stereocenters. The SMILES string of the molecule is NS(=O)(=O)CCCCC1CCCCC1. The van der Waals surface area contributed by atoms with Gasteiger partial charge in [-0.05, 0) is 12.3 Å². The van der Waals surface area contributed by atoms with Crippen molar-refractivity contribution >= 4 is 10.0 Å². The highest BCUT2D eigenvalue weighted by molar-refractivity contribution is 7.89. The van der Waals surface area contributed by atoms with Crippen LogP contribution in [-0.4, -0.2) is 14.2 Å². The number of nitrogens with two attached hydrogens (primary N) is 1. The molecule has 1 fully saturated rings. The molecule has 3 nitrogen and oxygen atoms in total. The van der Waals surface area contributed by atoms with Crippen molar-refractivity contribution in [2.24, 2.45) is 11.1 Å². The van der Waals surface area contributed by atoms with Crippen LogP contribution in [-0.2, 0) is 10.0 Å². The molecule has 2 N–H and O–H groups in total. The molecule has 0 bridgehead atoms. The molecule has 1 rings (SSSR count). The minimum absolute atomic E-state index is 0.152. The number of hydrogen-bond acceptors (Lipinski definition) is 2. The van der Waals surface area contributed by atoms with Crippen LogP contribution in [0.15, 0.2) is 0 Å². The van der Waals surface area contributed by atoms with Gasteiger partial charge < -0.3 is 0 Å². The topological polar surface area (TPSA) is 60.2 Å². The van der Waals surface area contributed by atoms with Gasteiger partial charge in [-0.15, -0.1) is 0 Å². The van der Waals surface area contributed by atoms with E-state index >= 15 is 0 Å². The van der Waals surface area contributed by atoms with Gasteiger partial charge in [0.2, 0.25) is 10.0 Å². The molecule has 0 aromatic heterocycles. The number of hydrogen-bond donors (Lipinski definition) is 1. The summed E-state index contributed by atoms with van der Waals surface area (Å²) in [6.07, 6.45) is 9.73. The Morgan fingerprint density at radius 2 is 1.71 bits per heavy atom. The number of primary sulfonamides is 1. The quantitative estimate of drug-likeness (QED) is 0.719. The fourth-order valence-corrected chi connectivity index (χ4v) is 2.82. The highest BCUT2D eigenvalue weighted by atomic mass is 32.2. The largest absolute Gasteiger partial charge is 0.229 e. The molecule has 0 atom stereocenters. The smallest absolute Gasteiger partial charge is 0.209 e. The van der Waals surface area contributed by atoms with E-state index in [1.54, 1.807) is 0 Å². The molecule has 0 aliphatic heterocycles. The van der Waals surface area contributed by atoms with Crippen LogP contribution in [0.1, 0.15) is 51.4 Å². The van der Waals surface area contributed by atoms with Crippen LogP contribution < -0.4 is 5.14 Å². The van der Waals surface area contributed by atoms with E-state index in [9.17, 15) is 8.42 Å². The molecule has 14 heavy (non-hydrogen) atoms. The summed E-state index contributed by atoms with van der Waals surface area (Å²) in [6, 6.07) is 0. The summed E-state index contributed by atoms with van der Waals surface area (Å²) in [4.78, 5) is 0. The van der Waals surface area contributed by atoms with E-state index in [-0.39, 0.29) is 5.75 Å². The Kier molecular flexibility index (Phi) is 4.89. The lowest BCUT2D eigenvalue weighted by atomic mass is 9.86. The first-order valence-corrected chi connectivity index (χ1v) is 7.30. The molecular formula is C10H21NO2S. The molecule has 0 spiro atoms. The predicted molar refractivity (Wildman–Crippen MR) is 58.4 cm³/mol. The maximum atomic E-state index is 10.7. The molecule has 4 heteroatoms. The minimum atomic E-state index is -3.23. The maximum Gasteiger partial charge on any atom is 0.209 e. The molecule has 0 amide bonds. The number of rotatable bonds is 5. The first-order valence-electron chi connectivity index (χ1n) is 5.58. The Labute approximate surface area is 87.1 Å². The summed E-state index contributed by atoms with van der Waals surface area (Å²) in [7, 11) is -3.23. The Balaban J connectivity index is 2.03. The highest BCUT2D eigenvalue weighted by Gasteiger charge is 2.13. The second-order valence-corrected chi connectivity index (χ2v) is 6.10. The van der Waals surface area contributed by atoms with E-state index in [0.29, 0.717) is 0 Å². The minimum Gasteiger partial charge on any atom is -0.229 e. The lowest BCUT2D eigenvalue weighted by molar-refractivity contribution is 0.331. The Bertz CT molecular complexity index is 243. The Morgan fingerprint density at radius 3 is 2.29 bits per heavy atom. The average Bonchev–Trinajstić information content (AvgIpc) is 2.13. The Morgan fingerprint density at radius 1 is 1.07 bits per heavy atom. The van der Waals surface area contributed by atoms with Gasteiger partial charge in [0.15, 0.2) is 0 Å². The van der Waals surface area contributed by atoms with Gasteiger partial charge in [0.25, 0.3) is 0 Å². The van der Waals surface area contributed by atoms with Gasteiger partial charge in [0, 0.05) is 0 Å². The molecule has 0 aromatic carbocycles. The van der Waals surface area contributed by atoms with E-state index in [2.05, 4.69) is 0 Å². The predicted octanol–water partition coefficient (Wildman–Crippen LogP) is 2.03. The van der Waals surface area contributed by atoms with E-state index in [1.165, 1.54) is 38.5 Å². The number of sulfonamides is 1. The fraction of sp³-hybridized carbons (Fsp3) is 1.00. The first kappa shape index (κ1) is 12.0. The van der Waals surface area contributed by atoms with Gasteiger partial charge in [0.1, 0.15) is 0 Å². The summed E-state index contributed by atoms with van der Waals surface area (Å²) in [5.74, 6) is 1.00. The molecule has 0 heterocycles. The van der Waals surface area contributed by atoms with Crippen LogP contribution in [0.3, 0.4) is 0 Å². The van der Waals surface area contributed by atoms with Crippen LogP contribution in [0.2, 0.25) is 0 Å². The van der Waals surface area contributed by atoms with Crippen molar-refractivity contribution in [1.29, 1.82) is 0 Å². The van der Waals surface area contributed by atoms with Gasteiger partial charge in [-0.3, -0.25) is 0 Å². The van der Waals surface area contributed by atoms with Crippen molar-refractivity contribution in [2.45, 2.75) is 51.4 Å². The van der Waals surface area contributed by atoms with Crippen LogP contribution in [0, 0.1) is 5.92 Å². The lowest BCUT2D eigenvalue weighted by Crippen LogP contribution is -2.16. The van der Waals surface area contributed by atoms with Gasteiger partial charge in [-0.25, -0.2) is 13.6 Å². The van der Waals surface area contributed by atoms with Crippen LogP contribution in [0.4, 0.5) is 0 Å². The van der Waals surface area contributed by atoms with E-state index in [4.69, 9.17) is 5.14 Å². The molecule has 1 aliphatic carbocycles. The molecule has 84 valence electrons. The third kappa shape index (κ3) is 5.60. The van der Waals surface area contributed by atoms with Crippen molar-refractivity contribution in [3.8, 4) is 0 Å². The molecule has 0 radical (unpaired) electrons. The Hall–Kier alpha value is -0.0900. The molecule has 1 aliphatic rings. The maximum absolute atomic E-state index is 10.7. The molecule has 0 saturated heterocycles. The summed E-state index contributed by atoms with van der Waals surface area (Å²) in [5, 5.41) is 4.93. The van der Waals surface area contributed by atoms with Crippen molar-refractivity contribution < 1.29 is 8.42 Å². The van der Waals surface area contributed by atoms with Crippen molar-refractivity contribution in [1.82, 2.24) is 0 Å². The zero-order chi connectivity index (χ0) is 10.4. The summed E-state index contributed by atoms with van der Waals surface area (Å²) in [5.41, 5.74) is 0. The van der Waals surface area contributed by atoms with Gasteiger partial charge in [-0.2, -0.15) is 0 Å². The fourth-order valence-electron chi connectivity index (χ4n) is 2.21. The van der Waals surface area contributed by atoms with Crippen molar-refractivity contribution in [2.75, 3.05) is 5.75 Å². The van der Waals surface area contributed by atoms with E-state index in [0.717, 1.165) is 18.8 Å². The molecular weight excluding hydrogens is 198 g/mol. The zero-order valence-electron chi connectivity index (χ0n) is 8.74. The van der Waals surface area contributed by atoms with Gasteiger partial charge >= 0.3 is 0 Å². The molecule has 0 aromatic rings. The summed E-state index contributed by atoms with van der Waals surface area (Å²) >= 11 is 0. The highest BCUT2D eigenvalue weighted by Crippen LogP contribution is 2.27. The van der Waals surface area contributed by atoms with Crippen molar-refractivity contribution in [3.05, 3.63) is 0 Å². The second kappa shape index (κ2) is 5.71. The third-order valence-electron chi connectivity index (χ3n) is 3.02. The van der Waals surface area contributed by atoms with Crippen LogP contribution >= 0.6 is 0 Å². The van der Waals surface area contributed by atoms with Crippen LogP contribution in [0.5, 0.6) is 0 Å². The second-order valence-electron chi connectivity index (χ2n) is 4.37. The number of unbranched alkanes of at least 4 members (excludes halogenated alkanes) is 1. The van der Waals surface area contributed by atoms with Crippen molar-refractivity contribution in [3.63, 3.8) is 0 Å². The average molecular weight is 219 g/mol. The normalized spacial score (nSPS) is 19.8.